The van der Waals surface area contributed by atoms with Gasteiger partial charge in [-0.3, -0.25) is 10.1 Å². The van der Waals surface area contributed by atoms with Crippen LogP contribution in [0, 0.1) is 0 Å². The number of pyridine rings is 1. The number of nitrogens with one attached hydrogen (secondary N) is 2. The molecule has 0 radical (unpaired) electrons. The molecule has 0 saturated carbocycles. The zero-order valence-corrected chi connectivity index (χ0v) is 10.7. The highest BCUT2D eigenvalue weighted by atomic mass is 15.2. The Bertz CT molecular complexity index is 662. The summed E-state index contributed by atoms with van der Waals surface area (Å²) in [5.41, 5.74) is 2.25. The molecule has 0 aliphatic rings. The fraction of sp³-hybridized carbons (Fsp3) is 0.214. The van der Waals surface area contributed by atoms with Crippen LogP contribution in [0.15, 0.2) is 42.9 Å². The summed E-state index contributed by atoms with van der Waals surface area (Å²) in [6, 6.07) is 10.5. The third kappa shape index (κ3) is 2.61. The Kier molecular flexibility index (Phi) is 3.20. The van der Waals surface area contributed by atoms with Gasteiger partial charge in [-0.25, -0.2) is 4.98 Å². The summed E-state index contributed by atoms with van der Waals surface area (Å²) in [5.74, 6) is 0.849. The molecule has 0 amide bonds. The second-order valence-corrected chi connectivity index (χ2v) is 4.50. The van der Waals surface area contributed by atoms with Gasteiger partial charge in [-0.05, 0) is 30.7 Å². The van der Waals surface area contributed by atoms with Gasteiger partial charge in [0.2, 0.25) is 0 Å². The molecule has 0 saturated heterocycles. The maximum Gasteiger partial charge on any atom is 0.141 e. The van der Waals surface area contributed by atoms with Gasteiger partial charge in [0.15, 0.2) is 0 Å². The molecule has 96 valence electrons. The molecule has 0 bridgehead atoms. The molecule has 1 unspecified atom stereocenters. The van der Waals surface area contributed by atoms with Crippen LogP contribution in [0.4, 0.5) is 0 Å². The molecule has 5 nitrogen and oxygen atoms in total. The Balaban J connectivity index is 1.71. The standard InChI is InChI=1S/C14H15N5/c1-10(14-17-9-18-19-14)16-8-11-4-5-13-12(7-11)3-2-6-15-13/h2-7,9-10,16H,8H2,1H3,(H,17,18,19). The van der Waals surface area contributed by atoms with Gasteiger partial charge >= 0.3 is 0 Å². The number of H-pyrrole nitrogens is 1. The number of hydrogen-bond donors (Lipinski definition) is 2. The van der Waals surface area contributed by atoms with Crippen molar-refractivity contribution in [3.05, 3.63) is 54.2 Å². The normalized spacial score (nSPS) is 12.7. The zero-order chi connectivity index (χ0) is 13.1. The second-order valence-electron chi connectivity index (χ2n) is 4.50. The Morgan fingerprint density at radius 1 is 1.26 bits per heavy atom. The highest BCUT2D eigenvalue weighted by molar-refractivity contribution is 5.78. The van der Waals surface area contributed by atoms with Crippen molar-refractivity contribution >= 4 is 10.9 Å². The van der Waals surface area contributed by atoms with E-state index >= 15 is 0 Å². The lowest BCUT2D eigenvalue weighted by Crippen LogP contribution is -2.19. The highest BCUT2D eigenvalue weighted by Crippen LogP contribution is 2.14. The maximum absolute atomic E-state index is 4.31. The molecule has 3 rings (SSSR count). The number of rotatable bonds is 4. The van der Waals surface area contributed by atoms with Gasteiger partial charge in [-0.2, -0.15) is 5.10 Å². The molecule has 1 atom stereocenters. The number of benzene rings is 1. The maximum atomic E-state index is 4.31. The van der Waals surface area contributed by atoms with Crippen molar-refractivity contribution in [3.63, 3.8) is 0 Å². The van der Waals surface area contributed by atoms with Crippen molar-refractivity contribution in [2.75, 3.05) is 0 Å². The quantitative estimate of drug-likeness (QED) is 0.748. The van der Waals surface area contributed by atoms with Crippen molar-refractivity contribution in [1.82, 2.24) is 25.5 Å². The molecule has 19 heavy (non-hydrogen) atoms. The third-order valence-electron chi connectivity index (χ3n) is 3.12. The molecule has 3 aromatic rings. The van der Waals surface area contributed by atoms with Gasteiger partial charge in [-0.15, -0.1) is 0 Å². The van der Waals surface area contributed by atoms with Crippen LogP contribution in [-0.2, 0) is 6.54 Å². The van der Waals surface area contributed by atoms with Crippen LogP contribution in [0.3, 0.4) is 0 Å². The summed E-state index contributed by atoms with van der Waals surface area (Å²) in [5, 5.41) is 11.3. The van der Waals surface area contributed by atoms with Gasteiger partial charge in [0.25, 0.3) is 0 Å². The number of fused-ring (bicyclic) bond motifs is 1. The summed E-state index contributed by atoms with van der Waals surface area (Å²) in [6.07, 6.45) is 3.33. The van der Waals surface area contributed by atoms with Gasteiger partial charge in [0.05, 0.1) is 11.6 Å². The summed E-state index contributed by atoms with van der Waals surface area (Å²) >= 11 is 0. The predicted octanol–water partition coefficient (Wildman–Crippen LogP) is 2.20. The van der Waals surface area contributed by atoms with Crippen LogP contribution in [0.5, 0.6) is 0 Å². The van der Waals surface area contributed by atoms with E-state index in [0.717, 1.165) is 23.3 Å². The van der Waals surface area contributed by atoms with E-state index in [-0.39, 0.29) is 6.04 Å². The molecule has 0 fully saturated rings. The average Bonchev–Trinajstić information content (AvgIpc) is 2.99. The number of aromatic nitrogens is 4. The fourth-order valence-corrected chi connectivity index (χ4v) is 2.03. The molecule has 5 heteroatoms. The van der Waals surface area contributed by atoms with Crippen molar-refractivity contribution < 1.29 is 0 Å². The minimum atomic E-state index is 0.145. The van der Waals surface area contributed by atoms with E-state index in [0.29, 0.717) is 0 Å². The Hall–Kier alpha value is -2.27. The molecule has 1 aromatic carbocycles. The van der Waals surface area contributed by atoms with E-state index < -0.39 is 0 Å². The Morgan fingerprint density at radius 2 is 2.21 bits per heavy atom. The first-order valence-electron chi connectivity index (χ1n) is 6.25. The van der Waals surface area contributed by atoms with Gasteiger partial charge in [0, 0.05) is 18.1 Å². The Labute approximate surface area is 111 Å². The van der Waals surface area contributed by atoms with Crippen LogP contribution in [-0.4, -0.2) is 20.2 Å². The summed E-state index contributed by atoms with van der Waals surface area (Å²) < 4.78 is 0. The first-order valence-corrected chi connectivity index (χ1v) is 6.25. The van der Waals surface area contributed by atoms with Crippen molar-refractivity contribution in [3.8, 4) is 0 Å². The first kappa shape index (κ1) is 11.8. The van der Waals surface area contributed by atoms with E-state index in [1.807, 2.05) is 18.3 Å². The SMILES string of the molecule is CC(NCc1ccc2ncccc2c1)c1ncn[nH]1. The molecule has 2 N–H and O–H groups in total. The number of hydrogen-bond acceptors (Lipinski definition) is 4. The van der Waals surface area contributed by atoms with E-state index in [1.165, 1.54) is 11.9 Å². The van der Waals surface area contributed by atoms with Crippen LogP contribution in [0.1, 0.15) is 24.4 Å². The van der Waals surface area contributed by atoms with Gasteiger partial charge in [-0.1, -0.05) is 12.1 Å². The topological polar surface area (TPSA) is 66.5 Å². The monoisotopic (exact) mass is 253 g/mol. The van der Waals surface area contributed by atoms with Gasteiger partial charge < -0.3 is 5.32 Å². The van der Waals surface area contributed by atoms with E-state index in [9.17, 15) is 0 Å². The first-order chi connectivity index (χ1) is 9.33. The number of nitrogens with zero attached hydrogens (tertiary/aromatic N) is 3. The smallest absolute Gasteiger partial charge is 0.141 e. The van der Waals surface area contributed by atoms with Crippen molar-refractivity contribution in [2.45, 2.75) is 19.5 Å². The average molecular weight is 253 g/mol. The van der Waals surface area contributed by atoms with Gasteiger partial charge in [0.1, 0.15) is 12.2 Å². The molecule has 2 aromatic heterocycles. The zero-order valence-electron chi connectivity index (χ0n) is 10.7. The van der Waals surface area contributed by atoms with E-state index in [4.69, 9.17) is 0 Å². The largest absolute Gasteiger partial charge is 0.303 e. The molecule has 0 aliphatic heterocycles. The second kappa shape index (κ2) is 5.16. The van der Waals surface area contributed by atoms with Crippen LogP contribution in [0.2, 0.25) is 0 Å². The summed E-state index contributed by atoms with van der Waals surface area (Å²) in [7, 11) is 0. The molecule has 2 heterocycles. The summed E-state index contributed by atoms with van der Waals surface area (Å²) in [6.45, 7) is 2.84. The minimum Gasteiger partial charge on any atom is -0.303 e. The fourth-order valence-electron chi connectivity index (χ4n) is 2.03. The Morgan fingerprint density at radius 3 is 3.05 bits per heavy atom. The summed E-state index contributed by atoms with van der Waals surface area (Å²) in [4.78, 5) is 8.45. The highest BCUT2D eigenvalue weighted by Gasteiger charge is 2.07. The number of aromatic amines is 1. The van der Waals surface area contributed by atoms with Crippen LogP contribution in [0.25, 0.3) is 10.9 Å². The third-order valence-corrected chi connectivity index (χ3v) is 3.12. The van der Waals surface area contributed by atoms with E-state index in [2.05, 4.69) is 50.6 Å². The molecular formula is C14H15N5. The van der Waals surface area contributed by atoms with E-state index in [1.54, 1.807) is 0 Å². The molecule has 0 spiro atoms. The molecular weight excluding hydrogens is 238 g/mol. The molecule has 0 aliphatic carbocycles. The van der Waals surface area contributed by atoms with Crippen LogP contribution < -0.4 is 5.32 Å². The van der Waals surface area contributed by atoms with Crippen molar-refractivity contribution in [2.24, 2.45) is 0 Å². The lowest BCUT2D eigenvalue weighted by atomic mass is 10.1. The minimum absolute atomic E-state index is 0.145. The van der Waals surface area contributed by atoms with Crippen molar-refractivity contribution in [1.29, 1.82) is 0 Å². The lowest BCUT2D eigenvalue weighted by Gasteiger charge is -2.11. The van der Waals surface area contributed by atoms with Crippen LogP contribution >= 0.6 is 0 Å². The lowest BCUT2D eigenvalue weighted by molar-refractivity contribution is 0.548. The predicted molar refractivity (Wildman–Crippen MR) is 73.4 cm³/mol.